The second kappa shape index (κ2) is 5.81. The molecule has 1 saturated heterocycles. The fourth-order valence-electron chi connectivity index (χ4n) is 5.19. The molecular formula is C18H30N2. The van der Waals surface area contributed by atoms with Crippen molar-refractivity contribution in [2.75, 3.05) is 32.7 Å². The molecule has 0 unspecified atom stereocenters. The average Bonchev–Trinajstić information content (AvgIpc) is 3.12. The molecule has 2 saturated carbocycles. The first-order valence-corrected chi connectivity index (χ1v) is 9.03. The van der Waals surface area contributed by atoms with Crippen LogP contribution >= 0.6 is 0 Å². The van der Waals surface area contributed by atoms with Crippen molar-refractivity contribution < 1.29 is 0 Å². The van der Waals surface area contributed by atoms with E-state index in [0.29, 0.717) is 0 Å². The molecule has 0 N–H and O–H groups in total. The average molecular weight is 274 g/mol. The smallest absolute Gasteiger partial charge is 0.0113 e. The van der Waals surface area contributed by atoms with Gasteiger partial charge in [0, 0.05) is 38.8 Å². The first-order valence-electron chi connectivity index (χ1n) is 9.03. The third kappa shape index (κ3) is 2.69. The maximum atomic E-state index is 2.80. The van der Waals surface area contributed by atoms with E-state index in [0.717, 1.165) is 23.8 Å². The Morgan fingerprint density at radius 2 is 1.65 bits per heavy atom. The van der Waals surface area contributed by atoms with E-state index in [-0.39, 0.29) is 0 Å². The van der Waals surface area contributed by atoms with E-state index in [2.05, 4.69) is 22.0 Å². The minimum Gasteiger partial charge on any atom is -0.300 e. The number of hydrogen-bond acceptors (Lipinski definition) is 2. The Morgan fingerprint density at radius 3 is 2.30 bits per heavy atom. The van der Waals surface area contributed by atoms with Gasteiger partial charge < -0.3 is 4.90 Å². The van der Waals surface area contributed by atoms with E-state index in [1.807, 2.05) is 0 Å². The number of nitrogens with zero attached hydrogens (tertiary/aromatic N) is 2. The van der Waals surface area contributed by atoms with E-state index >= 15 is 0 Å². The van der Waals surface area contributed by atoms with Crippen LogP contribution in [0.1, 0.15) is 44.9 Å². The molecule has 2 bridgehead atoms. The fraction of sp³-hybridized carbons (Fsp3) is 0.889. The van der Waals surface area contributed by atoms with Gasteiger partial charge in [-0.1, -0.05) is 31.4 Å². The lowest BCUT2D eigenvalue weighted by Gasteiger charge is -2.41. The normalized spacial score (nSPS) is 39.7. The minimum absolute atomic E-state index is 0.927. The monoisotopic (exact) mass is 274 g/mol. The number of allylic oxidation sites excluding steroid dienone is 2. The maximum absolute atomic E-state index is 2.80. The molecule has 2 nitrogen and oxygen atoms in total. The largest absolute Gasteiger partial charge is 0.300 e. The van der Waals surface area contributed by atoms with E-state index < -0.39 is 0 Å². The van der Waals surface area contributed by atoms with Gasteiger partial charge in [-0.15, -0.1) is 0 Å². The van der Waals surface area contributed by atoms with Crippen molar-refractivity contribution in [1.29, 1.82) is 0 Å². The number of fused-ring (bicyclic) bond motifs is 2. The first kappa shape index (κ1) is 13.3. The van der Waals surface area contributed by atoms with E-state index in [4.69, 9.17) is 0 Å². The zero-order valence-electron chi connectivity index (χ0n) is 12.8. The zero-order valence-corrected chi connectivity index (χ0v) is 12.8. The van der Waals surface area contributed by atoms with Crippen molar-refractivity contribution in [2.45, 2.75) is 51.0 Å². The molecule has 1 heterocycles. The molecule has 3 atom stereocenters. The minimum atomic E-state index is 0.927. The first-order chi connectivity index (χ1) is 9.88. The van der Waals surface area contributed by atoms with Gasteiger partial charge in [0.05, 0.1) is 0 Å². The Hall–Kier alpha value is -0.340. The highest BCUT2D eigenvalue weighted by Gasteiger charge is 2.37. The summed E-state index contributed by atoms with van der Waals surface area (Å²) in [4.78, 5) is 5.56. The van der Waals surface area contributed by atoms with Crippen LogP contribution in [0, 0.1) is 17.8 Å². The van der Waals surface area contributed by atoms with Crippen molar-refractivity contribution in [3.05, 3.63) is 12.2 Å². The van der Waals surface area contributed by atoms with Crippen molar-refractivity contribution in [3.8, 4) is 0 Å². The van der Waals surface area contributed by atoms with Gasteiger partial charge >= 0.3 is 0 Å². The highest BCUT2D eigenvalue weighted by Crippen LogP contribution is 2.43. The van der Waals surface area contributed by atoms with Gasteiger partial charge in [-0.3, -0.25) is 4.90 Å². The molecule has 2 heteroatoms. The number of rotatable bonds is 3. The van der Waals surface area contributed by atoms with Gasteiger partial charge in [0.1, 0.15) is 0 Å². The summed E-state index contributed by atoms with van der Waals surface area (Å²) in [6, 6.07) is 0.927. The third-order valence-corrected chi connectivity index (χ3v) is 6.41. The summed E-state index contributed by atoms with van der Waals surface area (Å²) in [5.74, 6) is 2.84. The summed E-state index contributed by atoms with van der Waals surface area (Å²) in [6.07, 6.45) is 15.3. The molecule has 4 aliphatic rings. The van der Waals surface area contributed by atoms with Crippen molar-refractivity contribution >= 4 is 0 Å². The third-order valence-electron chi connectivity index (χ3n) is 6.41. The van der Waals surface area contributed by atoms with Crippen LogP contribution in [-0.2, 0) is 0 Å². The van der Waals surface area contributed by atoms with Gasteiger partial charge in [-0.25, -0.2) is 0 Å². The Balaban J connectivity index is 1.24. The highest BCUT2D eigenvalue weighted by molar-refractivity contribution is 5.10. The van der Waals surface area contributed by atoms with Gasteiger partial charge in [0.25, 0.3) is 0 Å². The number of piperazine rings is 1. The Bertz CT molecular complexity index is 350. The molecule has 0 aromatic rings. The summed E-state index contributed by atoms with van der Waals surface area (Å²) < 4.78 is 0. The standard InChI is InChI=1S/C18H30N2/c1-2-4-18(5-3-1)20-10-8-19(9-11-20)14-17-13-15-6-7-16(17)12-15/h6-7,15-18H,1-5,8-14H2/t15-,16+,17+/m1/s1. The molecule has 4 rings (SSSR count). The lowest BCUT2D eigenvalue weighted by atomic mass is 9.92. The van der Waals surface area contributed by atoms with E-state index in [9.17, 15) is 0 Å². The summed E-state index contributed by atoms with van der Waals surface area (Å²) in [5.41, 5.74) is 0. The lowest BCUT2D eigenvalue weighted by Crippen LogP contribution is -2.51. The maximum Gasteiger partial charge on any atom is 0.0113 e. The van der Waals surface area contributed by atoms with Crippen LogP contribution in [-0.4, -0.2) is 48.6 Å². The molecule has 3 fully saturated rings. The zero-order chi connectivity index (χ0) is 13.4. The second-order valence-corrected chi connectivity index (χ2v) is 7.67. The molecule has 3 aliphatic carbocycles. The molecule has 0 radical (unpaired) electrons. The second-order valence-electron chi connectivity index (χ2n) is 7.67. The van der Waals surface area contributed by atoms with Crippen LogP contribution in [0.2, 0.25) is 0 Å². The highest BCUT2D eigenvalue weighted by atomic mass is 15.3. The van der Waals surface area contributed by atoms with Gasteiger partial charge in [0.2, 0.25) is 0 Å². The van der Waals surface area contributed by atoms with Gasteiger partial charge in [-0.2, -0.15) is 0 Å². The predicted molar refractivity (Wildman–Crippen MR) is 83.7 cm³/mol. The Kier molecular flexibility index (Phi) is 3.87. The van der Waals surface area contributed by atoms with Crippen LogP contribution in [0.3, 0.4) is 0 Å². The predicted octanol–water partition coefficient (Wildman–Crippen LogP) is 3.15. The van der Waals surface area contributed by atoms with Crippen molar-refractivity contribution in [3.63, 3.8) is 0 Å². The number of hydrogen-bond donors (Lipinski definition) is 0. The Morgan fingerprint density at radius 1 is 0.850 bits per heavy atom. The Labute approximate surface area is 124 Å². The quantitative estimate of drug-likeness (QED) is 0.730. The summed E-state index contributed by atoms with van der Waals surface area (Å²) in [6.45, 7) is 6.70. The lowest BCUT2D eigenvalue weighted by molar-refractivity contribution is 0.0686. The summed E-state index contributed by atoms with van der Waals surface area (Å²) >= 11 is 0. The fourth-order valence-corrected chi connectivity index (χ4v) is 5.19. The van der Waals surface area contributed by atoms with E-state index in [1.165, 1.54) is 77.7 Å². The van der Waals surface area contributed by atoms with Crippen LogP contribution < -0.4 is 0 Å². The molecule has 1 aliphatic heterocycles. The molecule has 0 spiro atoms. The SMILES string of the molecule is C1=C[C@H]2C[C@@H]1C[C@H]2CN1CCN(C2CCCCC2)CC1. The molecule has 20 heavy (non-hydrogen) atoms. The van der Waals surface area contributed by atoms with Crippen LogP contribution in [0.15, 0.2) is 12.2 Å². The molecular weight excluding hydrogens is 244 g/mol. The van der Waals surface area contributed by atoms with Gasteiger partial charge in [-0.05, 0) is 43.4 Å². The van der Waals surface area contributed by atoms with Crippen molar-refractivity contribution in [1.82, 2.24) is 9.80 Å². The van der Waals surface area contributed by atoms with Crippen LogP contribution in [0.5, 0.6) is 0 Å². The van der Waals surface area contributed by atoms with Gasteiger partial charge in [0.15, 0.2) is 0 Å². The topological polar surface area (TPSA) is 6.48 Å². The molecule has 0 amide bonds. The summed E-state index contributed by atoms with van der Waals surface area (Å²) in [7, 11) is 0. The van der Waals surface area contributed by atoms with E-state index in [1.54, 1.807) is 0 Å². The van der Waals surface area contributed by atoms with Crippen molar-refractivity contribution in [2.24, 2.45) is 17.8 Å². The molecule has 0 aromatic heterocycles. The summed E-state index contributed by atoms with van der Waals surface area (Å²) in [5, 5.41) is 0. The van der Waals surface area contributed by atoms with Crippen LogP contribution in [0.4, 0.5) is 0 Å². The molecule has 112 valence electrons. The van der Waals surface area contributed by atoms with Crippen LogP contribution in [0.25, 0.3) is 0 Å². The molecule has 0 aromatic carbocycles.